The minimum atomic E-state index is 0.209. The van der Waals surface area contributed by atoms with Gasteiger partial charge in [0.1, 0.15) is 6.07 Å². The lowest BCUT2D eigenvalue weighted by Gasteiger charge is -2.24. The van der Waals surface area contributed by atoms with Crippen molar-refractivity contribution < 1.29 is 0 Å². The van der Waals surface area contributed by atoms with Crippen LogP contribution in [0.15, 0.2) is 48.5 Å². The van der Waals surface area contributed by atoms with E-state index in [1.165, 1.54) is 5.56 Å². The van der Waals surface area contributed by atoms with Crippen molar-refractivity contribution in [1.82, 2.24) is 0 Å². The van der Waals surface area contributed by atoms with Gasteiger partial charge in [0.15, 0.2) is 0 Å². The molecule has 2 aromatic carbocycles. The molecule has 0 saturated heterocycles. The summed E-state index contributed by atoms with van der Waals surface area (Å²) in [5.41, 5.74) is 2.66. The monoisotopic (exact) mass is 284 g/mol. The first kappa shape index (κ1) is 14.4. The van der Waals surface area contributed by atoms with Crippen molar-refractivity contribution in [2.45, 2.75) is 19.9 Å². The van der Waals surface area contributed by atoms with E-state index in [4.69, 9.17) is 16.9 Å². The molecule has 102 valence electrons. The number of rotatable bonds is 4. The van der Waals surface area contributed by atoms with Gasteiger partial charge >= 0.3 is 0 Å². The molecule has 0 aromatic heterocycles. The molecule has 0 amide bonds. The highest BCUT2D eigenvalue weighted by molar-refractivity contribution is 6.32. The average Bonchev–Trinajstić information content (AvgIpc) is 2.45. The van der Waals surface area contributed by atoms with Crippen LogP contribution >= 0.6 is 11.6 Å². The zero-order valence-electron chi connectivity index (χ0n) is 11.6. The molecule has 0 aliphatic carbocycles. The molecule has 1 N–H and O–H groups in total. The number of anilines is 1. The Bertz CT molecular complexity index is 615. The molecule has 0 fully saturated rings. The van der Waals surface area contributed by atoms with E-state index >= 15 is 0 Å². The van der Waals surface area contributed by atoms with E-state index in [0.29, 0.717) is 16.5 Å². The minimum absolute atomic E-state index is 0.209. The van der Waals surface area contributed by atoms with Gasteiger partial charge in [0, 0.05) is 5.69 Å². The molecule has 2 nitrogen and oxygen atoms in total. The van der Waals surface area contributed by atoms with Crippen molar-refractivity contribution >= 4 is 17.3 Å². The Labute approximate surface area is 125 Å². The fourth-order valence-corrected chi connectivity index (χ4v) is 2.39. The molecule has 0 aliphatic rings. The summed E-state index contributed by atoms with van der Waals surface area (Å²) in [4.78, 5) is 0. The van der Waals surface area contributed by atoms with E-state index in [2.05, 4.69) is 37.4 Å². The van der Waals surface area contributed by atoms with Crippen LogP contribution < -0.4 is 5.32 Å². The zero-order chi connectivity index (χ0) is 14.5. The van der Waals surface area contributed by atoms with Crippen molar-refractivity contribution in [3.63, 3.8) is 0 Å². The fraction of sp³-hybridized carbons (Fsp3) is 0.235. The zero-order valence-corrected chi connectivity index (χ0v) is 12.4. The van der Waals surface area contributed by atoms with E-state index in [1.54, 1.807) is 12.1 Å². The van der Waals surface area contributed by atoms with Crippen LogP contribution in [0.1, 0.15) is 31.0 Å². The van der Waals surface area contributed by atoms with Gasteiger partial charge in [-0.3, -0.25) is 0 Å². The van der Waals surface area contributed by atoms with Gasteiger partial charge in [-0.15, -0.1) is 0 Å². The molecule has 0 heterocycles. The van der Waals surface area contributed by atoms with E-state index < -0.39 is 0 Å². The lowest BCUT2D eigenvalue weighted by Crippen LogP contribution is -2.16. The molecule has 0 aliphatic heterocycles. The van der Waals surface area contributed by atoms with Crippen LogP contribution in [0, 0.1) is 17.2 Å². The molecule has 2 rings (SSSR count). The summed E-state index contributed by atoms with van der Waals surface area (Å²) in [6, 6.07) is 18.0. The number of nitriles is 1. The average molecular weight is 285 g/mol. The third kappa shape index (κ3) is 3.31. The Morgan fingerprint density at radius 2 is 1.80 bits per heavy atom. The van der Waals surface area contributed by atoms with Crippen LogP contribution in [-0.2, 0) is 0 Å². The van der Waals surface area contributed by atoms with Crippen LogP contribution in [0.4, 0.5) is 5.69 Å². The second-order valence-electron chi connectivity index (χ2n) is 5.08. The Hall–Kier alpha value is -1.98. The van der Waals surface area contributed by atoms with Crippen LogP contribution in [-0.4, -0.2) is 0 Å². The number of hydrogen-bond acceptors (Lipinski definition) is 2. The van der Waals surface area contributed by atoms with Gasteiger partial charge in [-0.1, -0.05) is 55.8 Å². The van der Waals surface area contributed by atoms with Crippen molar-refractivity contribution in [3.05, 3.63) is 64.7 Å². The Morgan fingerprint density at radius 3 is 2.35 bits per heavy atom. The summed E-state index contributed by atoms with van der Waals surface area (Å²) < 4.78 is 0. The van der Waals surface area contributed by atoms with Crippen molar-refractivity contribution in [2.75, 3.05) is 5.32 Å². The molecule has 1 unspecified atom stereocenters. The highest BCUT2D eigenvalue weighted by Crippen LogP contribution is 2.28. The third-order valence-electron chi connectivity index (χ3n) is 3.24. The first-order chi connectivity index (χ1) is 9.61. The molecular weight excluding hydrogens is 268 g/mol. The summed E-state index contributed by atoms with van der Waals surface area (Å²) in [6.07, 6.45) is 0. The van der Waals surface area contributed by atoms with Gasteiger partial charge in [-0.25, -0.2) is 0 Å². The maximum atomic E-state index is 8.90. The second-order valence-corrected chi connectivity index (χ2v) is 5.49. The summed E-state index contributed by atoms with van der Waals surface area (Å²) in [7, 11) is 0. The largest absolute Gasteiger partial charge is 0.378 e. The highest BCUT2D eigenvalue weighted by Gasteiger charge is 2.15. The van der Waals surface area contributed by atoms with Crippen LogP contribution in [0.3, 0.4) is 0 Å². The quantitative estimate of drug-likeness (QED) is 0.855. The molecule has 0 spiro atoms. The summed E-state index contributed by atoms with van der Waals surface area (Å²) in [5.74, 6) is 0.437. The maximum absolute atomic E-state index is 8.90. The lowest BCUT2D eigenvalue weighted by molar-refractivity contribution is 0.546. The predicted molar refractivity (Wildman–Crippen MR) is 83.8 cm³/mol. The van der Waals surface area contributed by atoms with E-state index in [9.17, 15) is 0 Å². The number of nitrogens with one attached hydrogen (secondary N) is 1. The smallest absolute Gasteiger partial charge is 0.101 e. The van der Waals surface area contributed by atoms with Gasteiger partial charge in [0.05, 0.1) is 16.6 Å². The van der Waals surface area contributed by atoms with E-state index in [0.717, 1.165) is 5.69 Å². The molecule has 3 heteroatoms. The van der Waals surface area contributed by atoms with Crippen molar-refractivity contribution in [3.8, 4) is 6.07 Å². The van der Waals surface area contributed by atoms with Gasteiger partial charge < -0.3 is 5.32 Å². The van der Waals surface area contributed by atoms with Crippen LogP contribution in [0.25, 0.3) is 0 Å². The SMILES string of the molecule is CC(C)C(Nc1ccc(C#N)c(Cl)c1)c1ccccc1. The van der Waals surface area contributed by atoms with Gasteiger partial charge in [-0.05, 0) is 29.7 Å². The molecule has 0 radical (unpaired) electrons. The molecular formula is C17H17ClN2. The maximum Gasteiger partial charge on any atom is 0.101 e. The lowest BCUT2D eigenvalue weighted by atomic mass is 9.96. The normalized spacial score (nSPS) is 11.9. The fourth-order valence-electron chi connectivity index (χ4n) is 2.17. The van der Waals surface area contributed by atoms with Gasteiger partial charge in [0.25, 0.3) is 0 Å². The van der Waals surface area contributed by atoms with Gasteiger partial charge in [-0.2, -0.15) is 5.26 Å². The molecule has 0 bridgehead atoms. The minimum Gasteiger partial charge on any atom is -0.378 e. The highest BCUT2D eigenvalue weighted by atomic mass is 35.5. The van der Waals surface area contributed by atoms with Crippen LogP contribution in [0.2, 0.25) is 5.02 Å². The summed E-state index contributed by atoms with van der Waals surface area (Å²) in [6.45, 7) is 4.35. The van der Waals surface area contributed by atoms with E-state index in [1.807, 2.05) is 24.3 Å². The Morgan fingerprint density at radius 1 is 1.10 bits per heavy atom. The number of nitrogens with zero attached hydrogens (tertiary/aromatic N) is 1. The number of hydrogen-bond donors (Lipinski definition) is 1. The van der Waals surface area contributed by atoms with Crippen molar-refractivity contribution in [1.29, 1.82) is 5.26 Å². The topological polar surface area (TPSA) is 35.8 Å². The molecule has 20 heavy (non-hydrogen) atoms. The Kier molecular flexibility index (Phi) is 4.65. The predicted octanol–water partition coefficient (Wildman–Crippen LogP) is 5.02. The summed E-state index contributed by atoms with van der Waals surface area (Å²) >= 11 is 6.08. The third-order valence-corrected chi connectivity index (χ3v) is 3.55. The molecule has 2 aromatic rings. The second kappa shape index (κ2) is 6.45. The first-order valence-electron chi connectivity index (χ1n) is 6.63. The van der Waals surface area contributed by atoms with E-state index in [-0.39, 0.29) is 6.04 Å². The van der Waals surface area contributed by atoms with Gasteiger partial charge in [0.2, 0.25) is 0 Å². The number of benzene rings is 2. The summed E-state index contributed by atoms with van der Waals surface area (Å²) in [5, 5.41) is 12.9. The Balaban J connectivity index is 2.26. The first-order valence-corrected chi connectivity index (χ1v) is 7.00. The van der Waals surface area contributed by atoms with Crippen molar-refractivity contribution in [2.24, 2.45) is 5.92 Å². The standard InChI is InChI=1S/C17H17ClN2/c1-12(2)17(13-6-4-3-5-7-13)20-15-9-8-14(11-19)16(18)10-15/h3-10,12,17,20H,1-2H3. The van der Waals surface area contributed by atoms with Crippen LogP contribution in [0.5, 0.6) is 0 Å². The molecule has 0 saturated carbocycles. The molecule has 1 atom stereocenters. The number of halogens is 1.